The Bertz CT molecular complexity index is 384. The molecule has 0 aliphatic heterocycles. The Morgan fingerprint density at radius 3 is 2.56 bits per heavy atom. The van der Waals surface area contributed by atoms with Crippen LogP contribution in [0.15, 0.2) is 28.7 Å². The quantitative estimate of drug-likeness (QED) is 0.871. The van der Waals surface area contributed by atoms with E-state index in [1.807, 2.05) is 31.2 Å². The fraction of sp³-hybridized carbons (Fsp3) is 0.462. The van der Waals surface area contributed by atoms with Gasteiger partial charge in [0.1, 0.15) is 5.54 Å². The van der Waals surface area contributed by atoms with Gasteiger partial charge in [0.15, 0.2) is 0 Å². The second-order valence-corrected chi connectivity index (χ2v) is 4.76. The van der Waals surface area contributed by atoms with E-state index in [-0.39, 0.29) is 0 Å². The van der Waals surface area contributed by atoms with Crippen LogP contribution in [0.2, 0.25) is 0 Å². The van der Waals surface area contributed by atoms with Gasteiger partial charge in [-0.2, -0.15) is 5.26 Å². The summed E-state index contributed by atoms with van der Waals surface area (Å²) in [6.07, 6.45) is 2.67. The monoisotopic (exact) mass is 280 g/mol. The molecule has 0 aliphatic carbocycles. The molecule has 0 bridgehead atoms. The molecular formula is C13H17BrN2. The van der Waals surface area contributed by atoms with Crippen LogP contribution in [0.1, 0.15) is 33.1 Å². The fourth-order valence-electron chi connectivity index (χ4n) is 1.74. The van der Waals surface area contributed by atoms with E-state index in [2.05, 4.69) is 34.2 Å². The van der Waals surface area contributed by atoms with Crippen LogP contribution in [0.4, 0.5) is 5.69 Å². The van der Waals surface area contributed by atoms with Crippen molar-refractivity contribution in [1.29, 1.82) is 5.26 Å². The van der Waals surface area contributed by atoms with E-state index in [1.54, 1.807) is 0 Å². The van der Waals surface area contributed by atoms with Gasteiger partial charge in [-0.1, -0.05) is 32.4 Å². The van der Waals surface area contributed by atoms with Crippen molar-refractivity contribution in [2.45, 2.75) is 38.6 Å². The third-order valence-corrected chi connectivity index (χ3v) is 3.43. The number of para-hydroxylation sites is 1. The van der Waals surface area contributed by atoms with Crippen molar-refractivity contribution < 1.29 is 0 Å². The molecule has 0 radical (unpaired) electrons. The molecule has 1 unspecified atom stereocenters. The molecule has 0 aliphatic rings. The van der Waals surface area contributed by atoms with Gasteiger partial charge in [-0.15, -0.1) is 0 Å². The zero-order valence-corrected chi connectivity index (χ0v) is 11.3. The molecule has 1 N–H and O–H groups in total. The summed E-state index contributed by atoms with van der Waals surface area (Å²) < 4.78 is 0.999. The third kappa shape index (κ3) is 2.99. The van der Waals surface area contributed by atoms with E-state index < -0.39 is 5.54 Å². The number of benzene rings is 1. The maximum absolute atomic E-state index is 9.33. The summed E-state index contributed by atoms with van der Waals surface area (Å²) in [6, 6.07) is 10.3. The Morgan fingerprint density at radius 1 is 1.38 bits per heavy atom. The lowest BCUT2D eigenvalue weighted by atomic mass is 9.92. The Hall–Kier alpha value is -1.01. The summed E-state index contributed by atoms with van der Waals surface area (Å²) in [6.45, 7) is 4.15. The molecule has 16 heavy (non-hydrogen) atoms. The zero-order valence-electron chi connectivity index (χ0n) is 9.76. The molecule has 0 aromatic heterocycles. The molecule has 1 aromatic carbocycles. The molecule has 0 fully saturated rings. The minimum atomic E-state index is -0.446. The molecule has 1 rings (SSSR count). The predicted molar refractivity (Wildman–Crippen MR) is 71.3 cm³/mol. The van der Waals surface area contributed by atoms with Gasteiger partial charge in [0.05, 0.1) is 6.07 Å². The Balaban J connectivity index is 2.93. The van der Waals surface area contributed by atoms with Crippen molar-refractivity contribution in [2.75, 3.05) is 5.32 Å². The molecule has 3 heteroatoms. The normalized spacial score (nSPS) is 13.9. The summed E-state index contributed by atoms with van der Waals surface area (Å²) in [7, 11) is 0. The largest absolute Gasteiger partial charge is 0.366 e. The molecule has 0 spiro atoms. The molecule has 86 valence electrons. The molecule has 0 saturated carbocycles. The Kier molecular flexibility index (Phi) is 4.82. The molecule has 1 aromatic rings. The van der Waals surface area contributed by atoms with E-state index in [9.17, 15) is 5.26 Å². The van der Waals surface area contributed by atoms with Gasteiger partial charge in [0.25, 0.3) is 0 Å². The molecule has 2 nitrogen and oxygen atoms in total. The average Bonchev–Trinajstić information content (AvgIpc) is 2.31. The van der Waals surface area contributed by atoms with Crippen molar-refractivity contribution >= 4 is 21.6 Å². The van der Waals surface area contributed by atoms with E-state index in [0.29, 0.717) is 0 Å². The standard InChI is InChI=1S/C13H17BrN2/c1-3-9-13(4-2,10-15)16-12-8-6-5-7-11(12)14/h5-8,16H,3-4,9H2,1-2H3. The van der Waals surface area contributed by atoms with Crippen LogP contribution in [-0.2, 0) is 0 Å². The summed E-state index contributed by atoms with van der Waals surface area (Å²) >= 11 is 3.49. The first-order chi connectivity index (χ1) is 7.67. The highest BCUT2D eigenvalue weighted by Crippen LogP contribution is 2.28. The number of halogens is 1. The zero-order chi connectivity index (χ0) is 12.0. The van der Waals surface area contributed by atoms with E-state index in [0.717, 1.165) is 29.4 Å². The first-order valence-corrected chi connectivity index (χ1v) is 6.40. The van der Waals surface area contributed by atoms with Gasteiger partial charge in [-0.05, 0) is 40.9 Å². The summed E-state index contributed by atoms with van der Waals surface area (Å²) in [5.74, 6) is 0. The van der Waals surface area contributed by atoms with Crippen LogP contribution >= 0.6 is 15.9 Å². The number of rotatable bonds is 5. The van der Waals surface area contributed by atoms with Crippen LogP contribution in [0.25, 0.3) is 0 Å². The second-order valence-electron chi connectivity index (χ2n) is 3.90. The number of nitrogens with one attached hydrogen (secondary N) is 1. The van der Waals surface area contributed by atoms with E-state index >= 15 is 0 Å². The highest BCUT2D eigenvalue weighted by molar-refractivity contribution is 9.10. The van der Waals surface area contributed by atoms with Gasteiger partial charge in [0.2, 0.25) is 0 Å². The van der Waals surface area contributed by atoms with Crippen LogP contribution < -0.4 is 5.32 Å². The molecule has 1 atom stereocenters. The first kappa shape index (κ1) is 13.1. The van der Waals surface area contributed by atoms with Crippen molar-refractivity contribution in [2.24, 2.45) is 0 Å². The van der Waals surface area contributed by atoms with E-state index in [4.69, 9.17) is 0 Å². The SMILES string of the molecule is CCCC(C#N)(CC)Nc1ccccc1Br. The highest BCUT2D eigenvalue weighted by Gasteiger charge is 2.26. The Morgan fingerprint density at radius 2 is 2.06 bits per heavy atom. The van der Waals surface area contributed by atoms with Gasteiger partial charge in [-0.25, -0.2) is 0 Å². The van der Waals surface area contributed by atoms with Gasteiger partial charge in [-0.3, -0.25) is 0 Å². The van der Waals surface area contributed by atoms with Gasteiger partial charge in [0, 0.05) is 10.2 Å². The molecule has 0 amide bonds. The number of nitriles is 1. The van der Waals surface area contributed by atoms with Crippen molar-refractivity contribution in [3.8, 4) is 6.07 Å². The van der Waals surface area contributed by atoms with Crippen LogP contribution in [0.3, 0.4) is 0 Å². The smallest absolute Gasteiger partial charge is 0.125 e. The summed E-state index contributed by atoms with van der Waals surface area (Å²) in [5, 5.41) is 12.7. The highest BCUT2D eigenvalue weighted by atomic mass is 79.9. The van der Waals surface area contributed by atoms with Crippen LogP contribution in [0.5, 0.6) is 0 Å². The lowest BCUT2D eigenvalue weighted by Gasteiger charge is -2.27. The topological polar surface area (TPSA) is 35.8 Å². The van der Waals surface area contributed by atoms with Crippen molar-refractivity contribution in [3.63, 3.8) is 0 Å². The number of hydrogen-bond acceptors (Lipinski definition) is 2. The molecule has 0 heterocycles. The van der Waals surface area contributed by atoms with Crippen molar-refractivity contribution in [1.82, 2.24) is 0 Å². The van der Waals surface area contributed by atoms with Gasteiger partial charge >= 0.3 is 0 Å². The summed E-state index contributed by atoms with van der Waals surface area (Å²) in [5.41, 5.74) is 0.540. The lowest BCUT2D eigenvalue weighted by molar-refractivity contribution is 0.514. The minimum Gasteiger partial charge on any atom is -0.366 e. The lowest BCUT2D eigenvalue weighted by Crippen LogP contribution is -2.35. The second kappa shape index (κ2) is 5.91. The van der Waals surface area contributed by atoms with Crippen molar-refractivity contribution in [3.05, 3.63) is 28.7 Å². The first-order valence-electron chi connectivity index (χ1n) is 5.61. The molecular weight excluding hydrogens is 264 g/mol. The third-order valence-electron chi connectivity index (χ3n) is 2.74. The van der Waals surface area contributed by atoms with Crippen LogP contribution in [0, 0.1) is 11.3 Å². The number of nitrogens with zero attached hydrogens (tertiary/aromatic N) is 1. The fourth-order valence-corrected chi connectivity index (χ4v) is 2.12. The number of anilines is 1. The molecule has 0 saturated heterocycles. The maximum atomic E-state index is 9.33. The Labute approximate surface area is 106 Å². The number of hydrogen-bond donors (Lipinski definition) is 1. The van der Waals surface area contributed by atoms with Crippen LogP contribution in [-0.4, -0.2) is 5.54 Å². The van der Waals surface area contributed by atoms with Gasteiger partial charge < -0.3 is 5.32 Å². The average molecular weight is 281 g/mol. The van der Waals surface area contributed by atoms with E-state index in [1.165, 1.54) is 0 Å². The minimum absolute atomic E-state index is 0.446. The maximum Gasteiger partial charge on any atom is 0.125 e. The summed E-state index contributed by atoms with van der Waals surface area (Å²) in [4.78, 5) is 0. The predicted octanol–water partition coefficient (Wildman–Crippen LogP) is 4.33.